The van der Waals surface area contributed by atoms with Gasteiger partial charge in [0, 0.05) is 35.1 Å². The average molecular weight is 368 g/mol. The van der Waals surface area contributed by atoms with Crippen LogP contribution in [-0.2, 0) is 9.59 Å². The summed E-state index contributed by atoms with van der Waals surface area (Å²) >= 11 is 6.31. The lowest BCUT2D eigenvalue weighted by atomic mass is 9.73. The highest BCUT2D eigenvalue weighted by Crippen LogP contribution is 2.43. The molecule has 0 radical (unpaired) electrons. The Morgan fingerprint density at radius 3 is 2.42 bits per heavy atom. The molecule has 0 aromatic heterocycles. The maximum absolute atomic E-state index is 13.0. The van der Waals surface area contributed by atoms with Crippen LogP contribution in [0.4, 0.5) is 0 Å². The van der Waals surface area contributed by atoms with Crippen molar-refractivity contribution in [3.8, 4) is 5.75 Å². The van der Waals surface area contributed by atoms with Gasteiger partial charge in [-0.15, -0.1) is 0 Å². The molecule has 4 nitrogen and oxygen atoms in total. The van der Waals surface area contributed by atoms with Crippen molar-refractivity contribution in [3.05, 3.63) is 76.0 Å². The summed E-state index contributed by atoms with van der Waals surface area (Å²) in [6.07, 6.45) is 1.21. The van der Waals surface area contributed by atoms with Crippen molar-refractivity contribution in [3.63, 3.8) is 0 Å². The Morgan fingerprint density at radius 1 is 0.962 bits per heavy atom. The van der Waals surface area contributed by atoms with Gasteiger partial charge in [-0.1, -0.05) is 41.9 Å². The number of phenols is 1. The van der Waals surface area contributed by atoms with E-state index in [4.69, 9.17) is 11.6 Å². The molecule has 0 spiro atoms. The molecule has 0 unspecified atom stereocenters. The number of phenolic OH excluding ortho intramolecular Hbond substituents is 1. The minimum atomic E-state index is -0.265. The lowest BCUT2D eigenvalue weighted by Gasteiger charge is -2.34. The number of aromatic hydroxyl groups is 1. The zero-order valence-electron chi connectivity index (χ0n) is 14.0. The minimum Gasteiger partial charge on any atom is -0.508 e. The van der Waals surface area contributed by atoms with Crippen LogP contribution in [0.2, 0.25) is 5.02 Å². The van der Waals surface area contributed by atoms with Crippen LogP contribution in [0.5, 0.6) is 5.75 Å². The Hall–Kier alpha value is -2.59. The summed E-state index contributed by atoms with van der Waals surface area (Å²) in [6, 6.07) is 14.3. The number of carbonyl (C=O) groups excluding carboxylic acids is 2. The monoisotopic (exact) mass is 367 g/mol. The van der Waals surface area contributed by atoms with E-state index in [1.165, 1.54) is 0 Å². The van der Waals surface area contributed by atoms with E-state index in [1.54, 1.807) is 24.3 Å². The summed E-state index contributed by atoms with van der Waals surface area (Å²) in [6.45, 7) is 0. The number of carbonyl (C=O) groups is 2. The largest absolute Gasteiger partial charge is 0.508 e. The van der Waals surface area contributed by atoms with E-state index in [0.29, 0.717) is 29.1 Å². The summed E-state index contributed by atoms with van der Waals surface area (Å²) < 4.78 is 0. The second kappa shape index (κ2) is 6.61. The molecule has 0 saturated heterocycles. The molecule has 5 heteroatoms. The number of amides is 1. The summed E-state index contributed by atoms with van der Waals surface area (Å²) in [5.41, 5.74) is 3.21. The molecule has 2 atom stereocenters. The first-order chi connectivity index (χ1) is 12.5. The molecule has 0 saturated carbocycles. The summed E-state index contributed by atoms with van der Waals surface area (Å²) in [5.74, 6) is -0.173. The van der Waals surface area contributed by atoms with Crippen LogP contribution in [0.15, 0.2) is 59.8 Å². The zero-order valence-corrected chi connectivity index (χ0v) is 14.8. The molecule has 0 fully saturated rings. The summed E-state index contributed by atoms with van der Waals surface area (Å²) in [5, 5.41) is 13.1. The van der Waals surface area contributed by atoms with Gasteiger partial charge in [0.1, 0.15) is 5.75 Å². The Kier molecular flexibility index (Phi) is 4.29. The van der Waals surface area contributed by atoms with E-state index in [0.717, 1.165) is 11.1 Å². The fourth-order valence-electron chi connectivity index (χ4n) is 3.98. The number of hydrogen-bond donors (Lipinski definition) is 2. The maximum Gasteiger partial charge on any atom is 0.225 e. The molecule has 2 N–H and O–H groups in total. The third-order valence-electron chi connectivity index (χ3n) is 5.18. The van der Waals surface area contributed by atoms with E-state index >= 15 is 0 Å². The minimum absolute atomic E-state index is 0.0335. The maximum atomic E-state index is 13.0. The number of ketones is 1. The van der Waals surface area contributed by atoms with Gasteiger partial charge in [-0.3, -0.25) is 9.59 Å². The molecule has 2 aromatic carbocycles. The quantitative estimate of drug-likeness (QED) is 0.841. The molecule has 1 aliphatic heterocycles. The third-order valence-corrected chi connectivity index (χ3v) is 5.52. The first-order valence-corrected chi connectivity index (χ1v) is 9.00. The number of benzene rings is 2. The molecule has 1 amide bonds. The third kappa shape index (κ3) is 3.01. The molecule has 2 aromatic rings. The van der Waals surface area contributed by atoms with Gasteiger partial charge in [0.2, 0.25) is 5.91 Å². The standard InChI is InChI=1S/C21H18ClNO3/c22-17-4-2-1-3-15(17)13-9-18-21(19(25)10-13)16(11-20(26)23-18)12-5-7-14(24)8-6-12/h1-8,13,16,24H,9-11H2,(H,23,26)/t13-,16-/m0/s1. The van der Waals surface area contributed by atoms with E-state index < -0.39 is 0 Å². The van der Waals surface area contributed by atoms with Gasteiger partial charge in [-0.25, -0.2) is 0 Å². The second-order valence-electron chi connectivity index (χ2n) is 6.84. The first-order valence-electron chi connectivity index (χ1n) is 8.62. The molecule has 1 heterocycles. The van der Waals surface area contributed by atoms with Gasteiger partial charge in [0.25, 0.3) is 0 Å². The molecular weight excluding hydrogens is 350 g/mol. The predicted octanol–water partition coefficient (Wildman–Crippen LogP) is 4.05. The average Bonchev–Trinajstić information content (AvgIpc) is 2.61. The highest BCUT2D eigenvalue weighted by molar-refractivity contribution is 6.31. The fraction of sp³-hybridized carbons (Fsp3) is 0.238. The fourth-order valence-corrected chi connectivity index (χ4v) is 4.27. The number of Topliss-reactive ketones (excluding diaryl/α,β-unsaturated/α-hetero) is 1. The van der Waals surface area contributed by atoms with Crippen LogP contribution < -0.4 is 5.32 Å². The van der Waals surface area contributed by atoms with Gasteiger partial charge in [-0.05, 0) is 41.7 Å². The number of halogens is 1. The van der Waals surface area contributed by atoms with Crippen LogP contribution in [-0.4, -0.2) is 16.8 Å². The Morgan fingerprint density at radius 2 is 1.69 bits per heavy atom. The lowest BCUT2D eigenvalue weighted by Crippen LogP contribution is -2.38. The van der Waals surface area contributed by atoms with Crippen molar-refractivity contribution in [1.82, 2.24) is 5.32 Å². The van der Waals surface area contributed by atoms with E-state index in [9.17, 15) is 14.7 Å². The van der Waals surface area contributed by atoms with Crippen LogP contribution in [0, 0.1) is 0 Å². The van der Waals surface area contributed by atoms with Crippen molar-refractivity contribution in [1.29, 1.82) is 0 Å². The number of rotatable bonds is 2. The van der Waals surface area contributed by atoms with Gasteiger partial charge in [-0.2, -0.15) is 0 Å². The molecule has 0 bridgehead atoms. The van der Waals surface area contributed by atoms with Gasteiger partial charge in [0.15, 0.2) is 5.78 Å². The van der Waals surface area contributed by atoms with Gasteiger partial charge < -0.3 is 10.4 Å². The van der Waals surface area contributed by atoms with E-state index in [2.05, 4.69) is 5.32 Å². The highest BCUT2D eigenvalue weighted by atomic mass is 35.5. The van der Waals surface area contributed by atoms with E-state index in [-0.39, 0.29) is 35.7 Å². The molecule has 2 aliphatic rings. The van der Waals surface area contributed by atoms with Crippen molar-refractivity contribution in [2.45, 2.75) is 31.1 Å². The van der Waals surface area contributed by atoms with Gasteiger partial charge in [0.05, 0.1) is 0 Å². The number of hydrogen-bond acceptors (Lipinski definition) is 3. The topological polar surface area (TPSA) is 66.4 Å². The number of nitrogens with one attached hydrogen (secondary N) is 1. The Balaban J connectivity index is 1.73. The highest BCUT2D eigenvalue weighted by Gasteiger charge is 2.38. The van der Waals surface area contributed by atoms with Crippen LogP contribution in [0.25, 0.3) is 0 Å². The normalized spacial score (nSPS) is 22.8. The van der Waals surface area contributed by atoms with Crippen molar-refractivity contribution in [2.24, 2.45) is 0 Å². The SMILES string of the molecule is O=C1C[C@@H](c2ccc(O)cc2)C2=C(C[C@H](c3ccccc3Cl)CC2=O)N1. The van der Waals surface area contributed by atoms with Crippen molar-refractivity contribution < 1.29 is 14.7 Å². The first kappa shape index (κ1) is 16.9. The Labute approximate surface area is 156 Å². The van der Waals surface area contributed by atoms with Crippen molar-refractivity contribution >= 4 is 23.3 Å². The molecule has 1 aliphatic carbocycles. The van der Waals surface area contributed by atoms with E-state index in [1.807, 2.05) is 24.3 Å². The van der Waals surface area contributed by atoms with Crippen LogP contribution in [0.3, 0.4) is 0 Å². The second-order valence-corrected chi connectivity index (χ2v) is 7.25. The molecule has 26 heavy (non-hydrogen) atoms. The Bertz CT molecular complexity index is 917. The zero-order chi connectivity index (χ0) is 18.3. The summed E-state index contributed by atoms with van der Waals surface area (Å²) in [4.78, 5) is 25.2. The van der Waals surface area contributed by atoms with Crippen molar-refractivity contribution in [2.75, 3.05) is 0 Å². The van der Waals surface area contributed by atoms with Gasteiger partial charge >= 0.3 is 0 Å². The smallest absolute Gasteiger partial charge is 0.225 e. The summed E-state index contributed by atoms with van der Waals surface area (Å²) in [7, 11) is 0. The molecule has 132 valence electrons. The molecular formula is C21H18ClNO3. The lowest BCUT2D eigenvalue weighted by molar-refractivity contribution is -0.122. The van der Waals surface area contributed by atoms with Crippen LogP contribution >= 0.6 is 11.6 Å². The number of allylic oxidation sites excluding steroid dienone is 2. The van der Waals surface area contributed by atoms with Crippen LogP contribution in [0.1, 0.15) is 42.2 Å². The molecule has 4 rings (SSSR count). The predicted molar refractivity (Wildman–Crippen MR) is 99.1 cm³/mol.